The van der Waals surface area contributed by atoms with E-state index < -0.39 is 0 Å². The SMILES string of the molecule is O=C(NCC1CCN(C(=O)/C=C/c2ccco2)CC1)c1ccc(-c2ccccc2)cc1. The molecule has 5 heteroatoms. The van der Waals surface area contributed by atoms with Gasteiger partial charge in [-0.2, -0.15) is 0 Å². The smallest absolute Gasteiger partial charge is 0.251 e. The van der Waals surface area contributed by atoms with Gasteiger partial charge in [0.25, 0.3) is 5.91 Å². The molecule has 4 rings (SSSR count). The van der Waals surface area contributed by atoms with Gasteiger partial charge in [-0.3, -0.25) is 9.59 Å². The van der Waals surface area contributed by atoms with E-state index in [1.807, 2.05) is 53.4 Å². The number of hydrogen-bond donors (Lipinski definition) is 1. The largest absolute Gasteiger partial charge is 0.465 e. The molecule has 0 saturated carbocycles. The molecule has 0 bridgehead atoms. The minimum Gasteiger partial charge on any atom is -0.465 e. The molecule has 31 heavy (non-hydrogen) atoms. The van der Waals surface area contributed by atoms with Crippen LogP contribution in [0.3, 0.4) is 0 Å². The summed E-state index contributed by atoms with van der Waals surface area (Å²) >= 11 is 0. The van der Waals surface area contributed by atoms with Crippen molar-refractivity contribution in [3.63, 3.8) is 0 Å². The number of amides is 2. The molecule has 0 unspecified atom stereocenters. The normalized spacial score (nSPS) is 14.6. The van der Waals surface area contributed by atoms with Gasteiger partial charge in [-0.1, -0.05) is 42.5 Å². The van der Waals surface area contributed by atoms with Gasteiger partial charge in [-0.05, 0) is 60.2 Å². The molecule has 0 spiro atoms. The molecular formula is C26H26N2O3. The van der Waals surface area contributed by atoms with E-state index in [0.29, 0.717) is 36.9 Å². The molecule has 1 fully saturated rings. The topological polar surface area (TPSA) is 62.6 Å². The molecular weight excluding hydrogens is 388 g/mol. The van der Waals surface area contributed by atoms with Crippen LogP contribution in [0.5, 0.6) is 0 Å². The summed E-state index contributed by atoms with van der Waals surface area (Å²) in [6, 6.07) is 21.4. The van der Waals surface area contributed by atoms with Gasteiger partial charge in [0.15, 0.2) is 0 Å². The molecule has 1 aliphatic rings. The minimum absolute atomic E-state index is 0.00242. The van der Waals surface area contributed by atoms with Crippen LogP contribution < -0.4 is 5.32 Å². The molecule has 1 N–H and O–H groups in total. The van der Waals surface area contributed by atoms with E-state index in [-0.39, 0.29) is 11.8 Å². The summed E-state index contributed by atoms with van der Waals surface area (Å²) in [6.45, 7) is 2.03. The van der Waals surface area contributed by atoms with Crippen LogP contribution in [0.4, 0.5) is 0 Å². The van der Waals surface area contributed by atoms with Crippen molar-refractivity contribution in [2.24, 2.45) is 5.92 Å². The predicted molar refractivity (Wildman–Crippen MR) is 121 cm³/mol. The number of carbonyl (C=O) groups excluding carboxylic acids is 2. The Kier molecular flexibility index (Phi) is 6.62. The molecule has 2 amide bonds. The first-order valence-corrected chi connectivity index (χ1v) is 10.6. The maximum atomic E-state index is 12.5. The number of benzene rings is 2. The number of nitrogens with zero attached hydrogens (tertiary/aromatic N) is 1. The Morgan fingerprint density at radius 2 is 1.65 bits per heavy atom. The first kappa shape index (κ1) is 20.7. The van der Waals surface area contributed by atoms with Gasteiger partial charge in [0.1, 0.15) is 5.76 Å². The Morgan fingerprint density at radius 1 is 0.935 bits per heavy atom. The number of rotatable bonds is 6. The summed E-state index contributed by atoms with van der Waals surface area (Å²) in [6.07, 6.45) is 6.60. The van der Waals surface area contributed by atoms with Gasteiger partial charge in [0.2, 0.25) is 5.91 Å². The molecule has 2 aromatic carbocycles. The average Bonchev–Trinajstić information content (AvgIpc) is 3.36. The van der Waals surface area contributed by atoms with Crippen LogP contribution in [0, 0.1) is 5.92 Å². The lowest BCUT2D eigenvalue weighted by Crippen LogP contribution is -2.40. The van der Waals surface area contributed by atoms with Gasteiger partial charge in [-0.15, -0.1) is 0 Å². The second-order valence-corrected chi connectivity index (χ2v) is 7.77. The number of carbonyl (C=O) groups is 2. The minimum atomic E-state index is -0.0560. The Bertz CT molecular complexity index is 1020. The third-order valence-electron chi connectivity index (χ3n) is 5.67. The van der Waals surface area contributed by atoms with Crippen molar-refractivity contribution in [3.05, 3.63) is 90.4 Å². The van der Waals surface area contributed by atoms with Crippen molar-refractivity contribution in [3.8, 4) is 11.1 Å². The maximum Gasteiger partial charge on any atom is 0.251 e. The van der Waals surface area contributed by atoms with E-state index in [9.17, 15) is 9.59 Å². The van der Waals surface area contributed by atoms with E-state index in [4.69, 9.17) is 4.42 Å². The van der Waals surface area contributed by atoms with Crippen LogP contribution in [0.1, 0.15) is 29.0 Å². The summed E-state index contributed by atoms with van der Waals surface area (Å²) in [7, 11) is 0. The number of hydrogen-bond acceptors (Lipinski definition) is 3. The van der Waals surface area contributed by atoms with Crippen molar-refractivity contribution < 1.29 is 14.0 Å². The van der Waals surface area contributed by atoms with Crippen molar-refractivity contribution in [1.29, 1.82) is 0 Å². The van der Waals surface area contributed by atoms with Gasteiger partial charge in [0.05, 0.1) is 6.26 Å². The predicted octanol–water partition coefficient (Wildman–Crippen LogP) is 4.63. The standard InChI is InChI=1S/C26H26N2O3/c29-25(13-12-24-7-4-18-31-24)28-16-14-20(15-17-28)19-27-26(30)23-10-8-22(9-11-23)21-5-2-1-3-6-21/h1-13,18,20H,14-17,19H2,(H,27,30)/b13-12+. The molecule has 0 aliphatic carbocycles. The molecule has 2 heterocycles. The second kappa shape index (κ2) is 9.94. The quantitative estimate of drug-likeness (QED) is 0.598. The third-order valence-corrected chi connectivity index (χ3v) is 5.67. The van der Waals surface area contributed by atoms with Crippen LogP contribution in [0.2, 0.25) is 0 Å². The van der Waals surface area contributed by atoms with Crippen molar-refractivity contribution in [1.82, 2.24) is 10.2 Å². The van der Waals surface area contributed by atoms with E-state index >= 15 is 0 Å². The summed E-state index contributed by atoms with van der Waals surface area (Å²) in [5, 5.41) is 3.05. The monoisotopic (exact) mass is 414 g/mol. The third kappa shape index (κ3) is 5.51. The lowest BCUT2D eigenvalue weighted by atomic mass is 9.96. The summed E-state index contributed by atoms with van der Waals surface area (Å²) in [5.41, 5.74) is 2.89. The summed E-state index contributed by atoms with van der Waals surface area (Å²) in [5.74, 6) is 0.991. The van der Waals surface area contributed by atoms with Crippen LogP contribution in [-0.4, -0.2) is 36.3 Å². The molecule has 1 aromatic heterocycles. The fourth-order valence-corrected chi connectivity index (χ4v) is 3.79. The molecule has 1 aliphatic heterocycles. The first-order valence-electron chi connectivity index (χ1n) is 10.6. The van der Waals surface area contributed by atoms with E-state index in [1.165, 1.54) is 0 Å². The fraction of sp³-hybridized carbons (Fsp3) is 0.231. The first-order chi connectivity index (χ1) is 15.2. The van der Waals surface area contributed by atoms with E-state index in [2.05, 4.69) is 17.4 Å². The number of piperidine rings is 1. The number of nitrogens with one attached hydrogen (secondary N) is 1. The zero-order chi connectivity index (χ0) is 21.5. The number of likely N-dealkylation sites (tertiary alicyclic amines) is 1. The second-order valence-electron chi connectivity index (χ2n) is 7.77. The van der Waals surface area contributed by atoms with Gasteiger partial charge < -0.3 is 14.6 Å². The zero-order valence-electron chi connectivity index (χ0n) is 17.4. The Labute approximate surface area is 182 Å². The van der Waals surface area contributed by atoms with Gasteiger partial charge in [-0.25, -0.2) is 0 Å². The Balaban J connectivity index is 1.22. The van der Waals surface area contributed by atoms with E-state index in [0.717, 1.165) is 24.0 Å². The lowest BCUT2D eigenvalue weighted by Gasteiger charge is -2.31. The van der Waals surface area contributed by atoms with Crippen LogP contribution in [0.15, 0.2) is 83.5 Å². The average molecular weight is 415 g/mol. The zero-order valence-corrected chi connectivity index (χ0v) is 17.4. The molecule has 1 saturated heterocycles. The van der Waals surface area contributed by atoms with Crippen molar-refractivity contribution >= 4 is 17.9 Å². The highest BCUT2D eigenvalue weighted by Crippen LogP contribution is 2.20. The van der Waals surface area contributed by atoms with Crippen LogP contribution in [-0.2, 0) is 4.79 Å². The lowest BCUT2D eigenvalue weighted by molar-refractivity contribution is -0.127. The molecule has 0 atom stereocenters. The Morgan fingerprint density at radius 3 is 2.32 bits per heavy atom. The highest BCUT2D eigenvalue weighted by molar-refractivity contribution is 5.94. The molecule has 5 nitrogen and oxygen atoms in total. The number of furan rings is 1. The Hall–Kier alpha value is -3.60. The fourth-order valence-electron chi connectivity index (χ4n) is 3.79. The van der Waals surface area contributed by atoms with E-state index in [1.54, 1.807) is 24.5 Å². The molecule has 0 radical (unpaired) electrons. The molecule has 158 valence electrons. The maximum absolute atomic E-state index is 12.5. The van der Waals surface area contributed by atoms with Crippen LogP contribution in [0.25, 0.3) is 17.2 Å². The van der Waals surface area contributed by atoms with Crippen LogP contribution >= 0.6 is 0 Å². The summed E-state index contributed by atoms with van der Waals surface area (Å²) < 4.78 is 5.21. The highest BCUT2D eigenvalue weighted by Gasteiger charge is 2.22. The van der Waals surface area contributed by atoms with Gasteiger partial charge in [0, 0.05) is 31.3 Å². The van der Waals surface area contributed by atoms with Crippen molar-refractivity contribution in [2.45, 2.75) is 12.8 Å². The van der Waals surface area contributed by atoms with Gasteiger partial charge >= 0.3 is 0 Å². The highest BCUT2D eigenvalue weighted by atomic mass is 16.3. The van der Waals surface area contributed by atoms with Crippen molar-refractivity contribution in [2.75, 3.05) is 19.6 Å². The summed E-state index contributed by atoms with van der Waals surface area (Å²) in [4.78, 5) is 26.7. The molecule has 3 aromatic rings.